The number of benzene rings is 1. The highest BCUT2D eigenvalue weighted by molar-refractivity contribution is 5.95. The lowest BCUT2D eigenvalue weighted by atomic mass is 10.2. The van der Waals surface area contributed by atoms with Gasteiger partial charge in [0.2, 0.25) is 0 Å². The molecule has 0 saturated heterocycles. The number of para-hydroxylation sites is 1. The van der Waals surface area contributed by atoms with Crippen molar-refractivity contribution in [3.8, 4) is 0 Å². The smallest absolute Gasteiger partial charge is 0.354 e. The first-order valence-corrected chi connectivity index (χ1v) is 6.21. The highest BCUT2D eigenvalue weighted by Gasteiger charge is 2.16. The van der Waals surface area contributed by atoms with E-state index in [1.807, 2.05) is 41.0 Å². The van der Waals surface area contributed by atoms with Crippen molar-refractivity contribution in [2.75, 3.05) is 7.11 Å². The van der Waals surface area contributed by atoms with E-state index in [2.05, 4.69) is 9.97 Å². The van der Waals surface area contributed by atoms with Crippen LogP contribution in [0.2, 0.25) is 0 Å². The van der Waals surface area contributed by atoms with Crippen molar-refractivity contribution >= 4 is 16.9 Å². The second kappa shape index (κ2) is 5.13. The number of aromatic nitrogens is 3. The predicted molar refractivity (Wildman–Crippen MR) is 74.4 cm³/mol. The lowest BCUT2D eigenvalue weighted by molar-refractivity contribution is 0.0589. The molecule has 0 atom stereocenters. The topological polar surface area (TPSA) is 57.0 Å². The standard InChI is InChI=1S/C15H13N3O2/c1-20-15(19)14-8-11-4-2-3-5-13(11)18(14)9-12-6-7-16-10-17-12/h2-8,10H,9H2,1H3. The van der Waals surface area contributed by atoms with Crippen molar-refractivity contribution in [3.05, 3.63) is 60.3 Å². The fraction of sp³-hybridized carbons (Fsp3) is 0.133. The zero-order valence-corrected chi connectivity index (χ0v) is 11.0. The van der Waals surface area contributed by atoms with Crippen molar-refractivity contribution < 1.29 is 9.53 Å². The second-order valence-corrected chi connectivity index (χ2v) is 4.37. The van der Waals surface area contributed by atoms with Crippen LogP contribution in [0.25, 0.3) is 10.9 Å². The van der Waals surface area contributed by atoms with Crippen LogP contribution in [0.15, 0.2) is 48.9 Å². The van der Waals surface area contributed by atoms with Gasteiger partial charge in [0.25, 0.3) is 0 Å². The molecule has 0 amide bonds. The van der Waals surface area contributed by atoms with Crippen molar-refractivity contribution in [2.45, 2.75) is 6.54 Å². The molecular weight excluding hydrogens is 254 g/mol. The molecule has 0 radical (unpaired) electrons. The first-order chi connectivity index (χ1) is 9.79. The van der Waals surface area contributed by atoms with E-state index < -0.39 is 0 Å². The molecule has 3 rings (SSSR count). The largest absolute Gasteiger partial charge is 0.464 e. The van der Waals surface area contributed by atoms with Crippen molar-refractivity contribution in [3.63, 3.8) is 0 Å². The van der Waals surface area contributed by atoms with Crippen LogP contribution in [0.4, 0.5) is 0 Å². The van der Waals surface area contributed by atoms with Crippen LogP contribution in [-0.4, -0.2) is 27.6 Å². The Hall–Kier alpha value is -2.69. The maximum absolute atomic E-state index is 11.9. The maximum atomic E-state index is 11.9. The molecule has 20 heavy (non-hydrogen) atoms. The van der Waals surface area contributed by atoms with E-state index >= 15 is 0 Å². The average molecular weight is 267 g/mol. The third kappa shape index (κ3) is 2.14. The Kier molecular flexibility index (Phi) is 3.16. The van der Waals surface area contributed by atoms with E-state index in [1.165, 1.54) is 13.4 Å². The summed E-state index contributed by atoms with van der Waals surface area (Å²) >= 11 is 0. The number of carbonyl (C=O) groups excluding carboxylic acids is 1. The molecule has 0 bridgehead atoms. The molecule has 0 aliphatic carbocycles. The fourth-order valence-electron chi connectivity index (χ4n) is 2.23. The van der Waals surface area contributed by atoms with Crippen LogP contribution in [0.1, 0.15) is 16.2 Å². The van der Waals surface area contributed by atoms with Gasteiger partial charge in [-0.1, -0.05) is 18.2 Å². The van der Waals surface area contributed by atoms with E-state index in [4.69, 9.17) is 4.74 Å². The highest BCUT2D eigenvalue weighted by Crippen LogP contribution is 2.21. The molecule has 0 aliphatic heterocycles. The molecule has 100 valence electrons. The van der Waals surface area contributed by atoms with Crippen molar-refractivity contribution in [1.82, 2.24) is 14.5 Å². The van der Waals surface area contributed by atoms with Gasteiger partial charge in [-0.05, 0) is 18.2 Å². The first kappa shape index (κ1) is 12.3. The zero-order chi connectivity index (χ0) is 13.9. The van der Waals surface area contributed by atoms with Gasteiger partial charge in [-0.2, -0.15) is 0 Å². The number of fused-ring (bicyclic) bond motifs is 1. The highest BCUT2D eigenvalue weighted by atomic mass is 16.5. The molecule has 0 fully saturated rings. The lowest BCUT2D eigenvalue weighted by Crippen LogP contribution is -2.12. The molecule has 0 N–H and O–H groups in total. The zero-order valence-electron chi connectivity index (χ0n) is 11.0. The fourth-order valence-corrected chi connectivity index (χ4v) is 2.23. The molecule has 0 aliphatic rings. The SMILES string of the molecule is COC(=O)c1cc2ccccc2n1Cc1ccncn1. The number of methoxy groups -OCH3 is 1. The van der Waals surface area contributed by atoms with Gasteiger partial charge >= 0.3 is 5.97 Å². The molecule has 5 nitrogen and oxygen atoms in total. The molecule has 5 heteroatoms. The van der Waals surface area contributed by atoms with Crippen LogP contribution in [0.5, 0.6) is 0 Å². The van der Waals surface area contributed by atoms with Gasteiger partial charge in [0.05, 0.1) is 19.3 Å². The number of ether oxygens (including phenoxy) is 1. The van der Waals surface area contributed by atoms with Gasteiger partial charge in [0.15, 0.2) is 0 Å². The minimum Gasteiger partial charge on any atom is -0.464 e. The Bertz CT molecular complexity index is 750. The molecular formula is C15H13N3O2. The van der Waals surface area contributed by atoms with E-state index in [9.17, 15) is 4.79 Å². The number of nitrogens with zero attached hydrogens (tertiary/aromatic N) is 3. The molecule has 0 spiro atoms. The monoisotopic (exact) mass is 267 g/mol. The number of hydrogen-bond acceptors (Lipinski definition) is 4. The molecule has 0 unspecified atom stereocenters. The van der Waals surface area contributed by atoms with E-state index in [-0.39, 0.29) is 5.97 Å². The number of carbonyl (C=O) groups is 1. The Balaban J connectivity index is 2.13. The van der Waals surface area contributed by atoms with Crippen molar-refractivity contribution in [2.24, 2.45) is 0 Å². The van der Waals surface area contributed by atoms with Crippen LogP contribution >= 0.6 is 0 Å². The minimum atomic E-state index is -0.352. The van der Waals surface area contributed by atoms with Gasteiger partial charge in [-0.3, -0.25) is 0 Å². The van der Waals surface area contributed by atoms with Crippen molar-refractivity contribution in [1.29, 1.82) is 0 Å². The van der Waals surface area contributed by atoms with Gasteiger partial charge in [0.1, 0.15) is 12.0 Å². The van der Waals surface area contributed by atoms with Gasteiger partial charge < -0.3 is 9.30 Å². The predicted octanol–water partition coefficient (Wildman–Crippen LogP) is 2.27. The number of rotatable bonds is 3. The van der Waals surface area contributed by atoms with Gasteiger partial charge in [-0.25, -0.2) is 14.8 Å². The molecule has 2 aromatic heterocycles. The average Bonchev–Trinajstić information content (AvgIpc) is 2.86. The molecule has 2 heterocycles. The third-order valence-electron chi connectivity index (χ3n) is 3.17. The summed E-state index contributed by atoms with van der Waals surface area (Å²) in [5.74, 6) is -0.352. The summed E-state index contributed by atoms with van der Waals surface area (Å²) in [5, 5.41) is 1.00. The van der Waals surface area contributed by atoms with Gasteiger partial charge in [0, 0.05) is 17.1 Å². The van der Waals surface area contributed by atoms with E-state index in [1.54, 1.807) is 6.20 Å². The van der Waals surface area contributed by atoms with Crippen LogP contribution in [0.3, 0.4) is 0 Å². The summed E-state index contributed by atoms with van der Waals surface area (Å²) in [6.07, 6.45) is 3.19. The normalized spacial score (nSPS) is 10.7. The molecule has 3 aromatic rings. The first-order valence-electron chi connectivity index (χ1n) is 6.21. The second-order valence-electron chi connectivity index (χ2n) is 4.37. The summed E-state index contributed by atoms with van der Waals surface area (Å²) in [6.45, 7) is 0.500. The Morgan fingerprint density at radius 2 is 2.15 bits per heavy atom. The minimum absolute atomic E-state index is 0.352. The summed E-state index contributed by atoms with van der Waals surface area (Å²) in [5.41, 5.74) is 2.34. The lowest BCUT2D eigenvalue weighted by Gasteiger charge is -2.08. The Morgan fingerprint density at radius 1 is 1.30 bits per heavy atom. The van der Waals surface area contributed by atoms with E-state index in [0.717, 1.165) is 16.6 Å². The third-order valence-corrected chi connectivity index (χ3v) is 3.17. The van der Waals surface area contributed by atoms with E-state index in [0.29, 0.717) is 12.2 Å². The summed E-state index contributed by atoms with van der Waals surface area (Å²) in [4.78, 5) is 20.0. The Labute approximate surface area is 115 Å². The van der Waals surface area contributed by atoms with Crippen LogP contribution in [0, 0.1) is 0 Å². The molecule has 1 aromatic carbocycles. The summed E-state index contributed by atoms with van der Waals surface area (Å²) < 4.78 is 6.76. The quantitative estimate of drug-likeness (QED) is 0.683. The number of esters is 1. The molecule has 0 saturated carbocycles. The summed E-state index contributed by atoms with van der Waals surface area (Å²) in [7, 11) is 1.38. The van der Waals surface area contributed by atoms with Crippen LogP contribution < -0.4 is 0 Å². The Morgan fingerprint density at radius 3 is 2.90 bits per heavy atom. The van der Waals surface area contributed by atoms with Crippen LogP contribution in [-0.2, 0) is 11.3 Å². The summed E-state index contributed by atoms with van der Waals surface area (Å²) in [6, 6.07) is 11.5. The van der Waals surface area contributed by atoms with Gasteiger partial charge in [-0.15, -0.1) is 0 Å². The number of hydrogen-bond donors (Lipinski definition) is 0. The maximum Gasteiger partial charge on any atom is 0.354 e.